The molecule has 2 aromatic rings. The largest absolute Gasteiger partial charge is 0.481 e. The van der Waals surface area contributed by atoms with Crippen molar-refractivity contribution in [2.75, 3.05) is 11.6 Å². The first-order valence-electron chi connectivity index (χ1n) is 8.00. The number of hydrogen-bond acceptors (Lipinski definition) is 6. The van der Waals surface area contributed by atoms with Crippen molar-refractivity contribution in [1.29, 1.82) is 0 Å². The minimum absolute atomic E-state index is 0.201. The molecule has 0 aliphatic carbocycles. The summed E-state index contributed by atoms with van der Waals surface area (Å²) in [7, 11) is -3.27. The fraction of sp³-hybridized carbons (Fsp3) is 0.412. The zero-order chi connectivity index (χ0) is 18.4. The molecule has 0 saturated carbocycles. The third-order valence-corrected chi connectivity index (χ3v) is 4.65. The summed E-state index contributed by atoms with van der Waals surface area (Å²) in [5.74, 6) is 1.03. The second kappa shape index (κ2) is 8.15. The number of unbranched alkanes of at least 4 members (excludes halogenated alkanes) is 1. The monoisotopic (exact) mass is 366 g/mol. The van der Waals surface area contributed by atoms with E-state index >= 15 is 0 Å². The topological polar surface area (TPSA) is 98.5 Å². The SMILES string of the molecule is CCCCC(Oc1ccc(S(C)(=O)=O)cc1)C(=O)Nc1cc(C)on1. The van der Waals surface area contributed by atoms with Gasteiger partial charge in [-0.1, -0.05) is 18.5 Å². The van der Waals surface area contributed by atoms with Crippen LogP contribution in [0.4, 0.5) is 5.82 Å². The van der Waals surface area contributed by atoms with Gasteiger partial charge in [0.05, 0.1) is 4.90 Å². The summed E-state index contributed by atoms with van der Waals surface area (Å²) in [4.78, 5) is 12.6. The molecule has 1 heterocycles. The molecule has 1 aromatic heterocycles. The molecule has 136 valence electrons. The number of hydrogen-bond donors (Lipinski definition) is 1. The third-order valence-electron chi connectivity index (χ3n) is 3.52. The van der Waals surface area contributed by atoms with Gasteiger partial charge in [0.15, 0.2) is 21.8 Å². The zero-order valence-corrected chi connectivity index (χ0v) is 15.3. The lowest BCUT2D eigenvalue weighted by Crippen LogP contribution is -2.33. The van der Waals surface area contributed by atoms with Gasteiger partial charge in [0.25, 0.3) is 5.91 Å². The molecule has 0 saturated heterocycles. The molecule has 1 N–H and O–H groups in total. The van der Waals surface area contributed by atoms with Crippen molar-refractivity contribution in [3.63, 3.8) is 0 Å². The Morgan fingerprint density at radius 1 is 1.32 bits per heavy atom. The second-order valence-corrected chi connectivity index (χ2v) is 7.82. The summed E-state index contributed by atoms with van der Waals surface area (Å²) in [6.45, 7) is 3.76. The molecule has 25 heavy (non-hydrogen) atoms. The Hall–Kier alpha value is -2.35. The van der Waals surface area contributed by atoms with Crippen LogP contribution in [0.15, 0.2) is 39.8 Å². The number of amides is 1. The van der Waals surface area contributed by atoms with Gasteiger partial charge < -0.3 is 14.6 Å². The average molecular weight is 366 g/mol. The molecule has 1 unspecified atom stereocenters. The Balaban J connectivity index is 2.09. The summed E-state index contributed by atoms with van der Waals surface area (Å²) in [5, 5.41) is 6.40. The number of sulfone groups is 1. The van der Waals surface area contributed by atoms with Crippen LogP contribution in [0, 0.1) is 6.92 Å². The highest BCUT2D eigenvalue weighted by atomic mass is 32.2. The molecule has 7 nitrogen and oxygen atoms in total. The van der Waals surface area contributed by atoms with Crippen LogP contribution < -0.4 is 10.1 Å². The van der Waals surface area contributed by atoms with Crippen LogP contribution >= 0.6 is 0 Å². The van der Waals surface area contributed by atoms with E-state index in [1.54, 1.807) is 25.1 Å². The van der Waals surface area contributed by atoms with Gasteiger partial charge in [-0.3, -0.25) is 4.79 Å². The van der Waals surface area contributed by atoms with Crippen LogP contribution in [0.2, 0.25) is 0 Å². The number of carbonyl (C=O) groups is 1. The van der Waals surface area contributed by atoms with Crippen molar-refractivity contribution in [3.05, 3.63) is 36.1 Å². The maximum atomic E-state index is 12.4. The lowest BCUT2D eigenvalue weighted by atomic mass is 10.1. The summed E-state index contributed by atoms with van der Waals surface area (Å²) in [5.41, 5.74) is 0. The van der Waals surface area contributed by atoms with Crippen molar-refractivity contribution < 1.29 is 22.5 Å². The molecule has 0 radical (unpaired) electrons. The molecular formula is C17H22N2O5S. The highest BCUT2D eigenvalue weighted by Gasteiger charge is 2.21. The number of anilines is 1. The molecule has 0 fully saturated rings. The summed E-state index contributed by atoms with van der Waals surface area (Å²) >= 11 is 0. The number of carbonyl (C=O) groups excluding carboxylic acids is 1. The predicted octanol–water partition coefficient (Wildman–Crippen LogP) is 2.96. The van der Waals surface area contributed by atoms with Crippen molar-refractivity contribution in [2.24, 2.45) is 0 Å². The first kappa shape index (κ1) is 19.0. The fourth-order valence-corrected chi connectivity index (χ4v) is 2.83. The van der Waals surface area contributed by atoms with E-state index in [0.717, 1.165) is 19.1 Å². The third kappa shape index (κ3) is 5.60. The predicted molar refractivity (Wildman–Crippen MR) is 93.4 cm³/mol. The zero-order valence-electron chi connectivity index (χ0n) is 14.5. The summed E-state index contributed by atoms with van der Waals surface area (Å²) < 4.78 is 33.7. The summed E-state index contributed by atoms with van der Waals surface area (Å²) in [6, 6.07) is 7.63. The number of rotatable bonds is 8. The maximum absolute atomic E-state index is 12.4. The normalized spacial score (nSPS) is 12.6. The van der Waals surface area contributed by atoms with E-state index in [1.807, 2.05) is 6.92 Å². The van der Waals surface area contributed by atoms with Crippen molar-refractivity contribution in [1.82, 2.24) is 5.16 Å². The van der Waals surface area contributed by atoms with Gasteiger partial charge in [-0.15, -0.1) is 0 Å². The van der Waals surface area contributed by atoms with E-state index < -0.39 is 15.9 Å². The van der Waals surface area contributed by atoms with Gasteiger partial charge in [-0.25, -0.2) is 8.42 Å². The Bertz CT molecular complexity index is 812. The van der Waals surface area contributed by atoms with Gasteiger partial charge >= 0.3 is 0 Å². The second-order valence-electron chi connectivity index (χ2n) is 5.80. The van der Waals surface area contributed by atoms with E-state index in [2.05, 4.69) is 10.5 Å². The molecule has 0 aliphatic rings. The Morgan fingerprint density at radius 3 is 2.52 bits per heavy atom. The van der Waals surface area contributed by atoms with Gasteiger partial charge in [-0.05, 0) is 44.0 Å². The lowest BCUT2D eigenvalue weighted by Gasteiger charge is -2.18. The minimum Gasteiger partial charge on any atom is -0.481 e. The molecular weight excluding hydrogens is 344 g/mol. The first-order chi connectivity index (χ1) is 11.8. The number of nitrogens with zero attached hydrogens (tertiary/aromatic N) is 1. The standard InChI is InChI=1S/C17H22N2O5S/c1-4-5-6-15(17(20)18-16-11-12(2)24-19-16)23-13-7-9-14(10-8-13)25(3,21)22/h7-11,15H,4-6H2,1-3H3,(H,18,19,20). The Morgan fingerprint density at radius 2 is 2.00 bits per heavy atom. The van der Waals surface area contributed by atoms with E-state index in [9.17, 15) is 13.2 Å². The average Bonchev–Trinajstić information content (AvgIpc) is 2.96. The van der Waals surface area contributed by atoms with Crippen LogP contribution in [0.5, 0.6) is 5.75 Å². The highest BCUT2D eigenvalue weighted by molar-refractivity contribution is 7.90. The van der Waals surface area contributed by atoms with E-state index in [4.69, 9.17) is 9.26 Å². The van der Waals surface area contributed by atoms with Gasteiger partial charge in [0.2, 0.25) is 0 Å². The molecule has 8 heteroatoms. The van der Waals surface area contributed by atoms with Crippen LogP contribution in [0.1, 0.15) is 31.9 Å². The van der Waals surface area contributed by atoms with Crippen LogP contribution in [-0.2, 0) is 14.6 Å². The molecule has 2 rings (SSSR count). The highest BCUT2D eigenvalue weighted by Crippen LogP contribution is 2.19. The molecule has 1 amide bonds. The van der Waals surface area contributed by atoms with Crippen LogP contribution in [0.25, 0.3) is 0 Å². The van der Waals surface area contributed by atoms with Crippen LogP contribution in [0.3, 0.4) is 0 Å². The van der Waals surface area contributed by atoms with Gasteiger partial charge in [0.1, 0.15) is 11.5 Å². The first-order valence-corrected chi connectivity index (χ1v) is 9.89. The number of ether oxygens (including phenoxy) is 1. The maximum Gasteiger partial charge on any atom is 0.266 e. The van der Waals surface area contributed by atoms with E-state index in [0.29, 0.717) is 23.7 Å². The Labute approximate surface area is 147 Å². The number of benzene rings is 1. The molecule has 0 spiro atoms. The molecule has 0 aliphatic heterocycles. The molecule has 1 aromatic carbocycles. The quantitative estimate of drug-likeness (QED) is 0.771. The van der Waals surface area contributed by atoms with E-state index in [1.165, 1.54) is 12.1 Å². The van der Waals surface area contributed by atoms with Crippen LogP contribution in [-0.4, -0.2) is 31.8 Å². The Kier molecular flexibility index (Phi) is 6.19. The number of nitrogens with one attached hydrogen (secondary N) is 1. The molecule has 0 bridgehead atoms. The number of aromatic nitrogens is 1. The van der Waals surface area contributed by atoms with Crippen molar-refractivity contribution >= 4 is 21.6 Å². The lowest BCUT2D eigenvalue weighted by molar-refractivity contribution is -0.123. The fourth-order valence-electron chi connectivity index (χ4n) is 2.19. The van der Waals surface area contributed by atoms with Crippen molar-refractivity contribution in [3.8, 4) is 5.75 Å². The summed E-state index contributed by atoms with van der Waals surface area (Å²) in [6.07, 6.45) is 2.70. The van der Waals surface area contributed by atoms with Gasteiger partial charge in [0, 0.05) is 12.3 Å². The minimum atomic E-state index is -3.27. The van der Waals surface area contributed by atoms with Crippen molar-refractivity contribution in [2.45, 2.75) is 44.1 Å². The number of aryl methyl sites for hydroxylation is 1. The smallest absolute Gasteiger partial charge is 0.266 e. The van der Waals surface area contributed by atoms with E-state index in [-0.39, 0.29) is 10.8 Å². The van der Waals surface area contributed by atoms with Gasteiger partial charge in [-0.2, -0.15) is 0 Å². The molecule has 1 atom stereocenters.